The first-order valence-electron chi connectivity index (χ1n) is 5.83. The monoisotopic (exact) mass is 258 g/mol. The van der Waals surface area contributed by atoms with E-state index in [9.17, 15) is 0 Å². The Hall–Kier alpha value is -1.88. The molecule has 0 amide bonds. The summed E-state index contributed by atoms with van der Waals surface area (Å²) in [5.74, 6) is 0. The molecule has 1 N–H and O–H groups in total. The van der Waals surface area contributed by atoms with Gasteiger partial charge in [0.15, 0.2) is 0 Å². The van der Waals surface area contributed by atoms with Crippen LogP contribution < -0.4 is 5.32 Å². The SMILES string of the molecule is CC(Nc1cnn(C)c1)c1nc2ccccc2s1. The zero-order valence-electron chi connectivity index (χ0n) is 10.3. The summed E-state index contributed by atoms with van der Waals surface area (Å²) in [6, 6.07) is 8.40. The second-order valence-electron chi connectivity index (χ2n) is 4.29. The molecule has 0 aliphatic carbocycles. The smallest absolute Gasteiger partial charge is 0.116 e. The molecule has 1 aromatic carbocycles. The van der Waals surface area contributed by atoms with Crippen LogP contribution >= 0.6 is 11.3 Å². The number of aryl methyl sites for hydroxylation is 1. The summed E-state index contributed by atoms with van der Waals surface area (Å²) in [7, 11) is 1.91. The lowest BCUT2D eigenvalue weighted by molar-refractivity contribution is 0.767. The summed E-state index contributed by atoms with van der Waals surface area (Å²) in [6.45, 7) is 2.12. The molecular weight excluding hydrogens is 244 g/mol. The van der Waals surface area contributed by atoms with Gasteiger partial charge in [-0.3, -0.25) is 4.68 Å². The van der Waals surface area contributed by atoms with Crippen molar-refractivity contribution in [3.8, 4) is 0 Å². The molecule has 5 heteroatoms. The van der Waals surface area contributed by atoms with Crippen LogP contribution in [0, 0.1) is 0 Å². The average Bonchev–Trinajstić information content (AvgIpc) is 2.95. The van der Waals surface area contributed by atoms with Crippen molar-refractivity contribution in [1.29, 1.82) is 0 Å². The van der Waals surface area contributed by atoms with Crippen LogP contribution in [0.2, 0.25) is 0 Å². The van der Waals surface area contributed by atoms with Crippen molar-refractivity contribution in [1.82, 2.24) is 14.8 Å². The lowest BCUT2D eigenvalue weighted by atomic mass is 10.3. The lowest BCUT2D eigenvalue weighted by Crippen LogP contribution is -2.05. The van der Waals surface area contributed by atoms with Crippen molar-refractivity contribution < 1.29 is 0 Å². The van der Waals surface area contributed by atoms with Crippen LogP contribution in [0.5, 0.6) is 0 Å². The van der Waals surface area contributed by atoms with Crippen molar-refractivity contribution in [3.05, 3.63) is 41.7 Å². The summed E-state index contributed by atoms with van der Waals surface area (Å²) in [5.41, 5.74) is 2.08. The van der Waals surface area contributed by atoms with Crippen LogP contribution in [0.3, 0.4) is 0 Å². The Morgan fingerprint density at radius 2 is 2.17 bits per heavy atom. The number of para-hydroxylation sites is 1. The molecule has 2 heterocycles. The highest BCUT2D eigenvalue weighted by atomic mass is 32.1. The standard InChI is InChI=1S/C13H14N4S/c1-9(15-10-7-14-17(2)8-10)13-16-11-5-3-4-6-12(11)18-13/h3-9,15H,1-2H3. The van der Waals surface area contributed by atoms with E-state index in [2.05, 4.69) is 28.4 Å². The number of hydrogen-bond acceptors (Lipinski definition) is 4. The minimum Gasteiger partial charge on any atom is -0.374 e. The van der Waals surface area contributed by atoms with Gasteiger partial charge in [-0.05, 0) is 19.1 Å². The van der Waals surface area contributed by atoms with Gasteiger partial charge in [0.05, 0.1) is 28.1 Å². The Labute approximate surface area is 109 Å². The number of thiazole rings is 1. The van der Waals surface area contributed by atoms with E-state index in [1.54, 1.807) is 16.0 Å². The number of hydrogen-bond donors (Lipinski definition) is 1. The third-order valence-electron chi connectivity index (χ3n) is 2.77. The average molecular weight is 258 g/mol. The Morgan fingerprint density at radius 3 is 2.89 bits per heavy atom. The summed E-state index contributed by atoms with van der Waals surface area (Å²) in [5, 5.41) is 8.65. The normalized spacial score (nSPS) is 12.8. The van der Waals surface area contributed by atoms with Gasteiger partial charge in [-0.25, -0.2) is 4.98 Å². The molecular formula is C13H14N4S. The molecule has 18 heavy (non-hydrogen) atoms. The zero-order chi connectivity index (χ0) is 12.5. The fourth-order valence-electron chi connectivity index (χ4n) is 1.88. The molecule has 0 bridgehead atoms. The maximum absolute atomic E-state index is 4.64. The first-order valence-corrected chi connectivity index (χ1v) is 6.64. The maximum Gasteiger partial charge on any atom is 0.116 e. The van der Waals surface area contributed by atoms with Crippen molar-refractivity contribution >= 4 is 27.2 Å². The Kier molecular flexibility index (Phi) is 2.76. The third kappa shape index (κ3) is 2.09. The first-order chi connectivity index (χ1) is 8.72. The molecule has 0 fully saturated rings. The molecule has 1 unspecified atom stereocenters. The van der Waals surface area contributed by atoms with Gasteiger partial charge < -0.3 is 5.32 Å². The second-order valence-corrected chi connectivity index (χ2v) is 5.35. The fraction of sp³-hybridized carbons (Fsp3) is 0.231. The molecule has 1 atom stereocenters. The molecule has 2 aromatic heterocycles. The van der Waals surface area contributed by atoms with E-state index in [0.717, 1.165) is 16.2 Å². The third-order valence-corrected chi connectivity index (χ3v) is 3.99. The number of nitrogens with one attached hydrogen (secondary N) is 1. The highest BCUT2D eigenvalue weighted by Gasteiger charge is 2.11. The number of anilines is 1. The van der Waals surface area contributed by atoms with E-state index in [-0.39, 0.29) is 6.04 Å². The highest BCUT2D eigenvalue weighted by molar-refractivity contribution is 7.18. The maximum atomic E-state index is 4.64. The van der Waals surface area contributed by atoms with E-state index >= 15 is 0 Å². The second kappa shape index (κ2) is 4.42. The van der Waals surface area contributed by atoms with E-state index in [1.165, 1.54) is 4.70 Å². The van der Waals surface area contributed by atoms with Gasteiger partial charge >= 0.3 is 0 Å². The molecule has 92 valence electrons. The fourth-order valence-corrected chi connectivity index (χ4v) is 2.85. The Morgan fingerprint density at radius 1 is 1.33 bits per heavy atom. The molecule has 0 spiro atoms. The molecule has 4 nitrogen and oxygen atoms in total. The van der Waals surface area contributed by atoms with Crippen molar-refractivity contribution in [2.24, 2.45) is 7.05 Å². The molecule has 0 saturated carbocycles. The Balaban J connectivity index is 1.85. The first kappa shape index (κ1) is 11.2. The molecule has 3 rings (SSSR count). The summed E-state index contributed by atoms with van der Waals surface area (Å²) in [6.07, 6.45) is 3.79. The van der Waals surface area contributed by atoms with Crippen LogP contribution in [-0.2, 0) is 7.05 Å². The van der Waals surface area contributed by atoms with E-state index in [1.807, 2.05) is 37.6 Å². The van der Waals surface area contributed by atoms with Crippen molar-refractivity contribution in [2.75, 3.05) is 5.32 Å². The minimum atomic E-state index is 0.187. The molecule has 0 aliphatic heterocycles. The highest BCUT2D eigenvalue weighted by Crippen LogP contribution is 2.27. The predicted octanol–water partition coefficient (Wildman–Crippen LogP) is 3.20. The number of rotatable bonds is 3. The quantitative estimate of drug-likeness (QED) is 0.784. The van der Waals surface area contributed by atoms with Gasteiger partial charge in [0, 0.05) is 13.2 Å². The van der Waals surface area contributed by atoms with Crippen LogP contribution in [0.4, 0.5) is 5.69 Å². The van der Waals surface area contributed by atoms with E-state index in [4.69, 9.17) is 0 Å². The van der Waals surface area contributed by atoms with Crippen molar-refractivity contribution in [3.63, 3.8) is 0 Å². The van der Waals surface area contributed by atoms with Crippen LogP contribution in [0.1, 0.15) is 18.0 Å². The summed E-state index contributed by atoms with van der Waals surface area (Å²) >= 11 is 1.73. The molecule has 0 aliphatic rings. The summed E-state index contributed by atoms with van der Waals surface area (Å²) in [4.78, 5) is 4.64. The van der Waals surface area contributed by atoms with E-state index in [0.29, 0.717) is 0 Å². The van der Waals surface area contributed by atoms with Crippen molar-refractivity contribution in [2.45, 2.75) is 13.0 Å². The number of benzene rings is 1. The summed E-state index contributed by atoms with van der Waals surface area (Å²) < 4.78 is 3.01. The topological polar surface area (TPSA) is 42.7 Å². The van der Waals surface area contributed by atoms with E-state index < -0.39 is 0 Å². The zero-order valence-corrected chi connectivity index (χ0v) is 11.1. The van der Waals surface area contributed by atoms with Gasteiger partial charge in [-0.15, -0.1) is 11.3 Å². The van der Waals surface area contributed by atoms with Gasteiger partial charge in [-0.2, -0.15) is 5.10 Å². The largest absolute Gasteiger partial charge is 0.374 e. The minimum absolute atomic E-state index is 0.187. The van der Waals surface area contributed by atoms with Crippen LogP contribution in [0.15, 0.2) is 36.7 Å². The van der Waals surface area contributed by atoms with Gasteiger partial charge in [-0.1, -0.05) is 12.1 Å². The number of fused-ring (bicyclic) bond motifs is 1. The predicted molar refractivity (Wildman–Crippen MR) is 74.9 cm³/mol. The Bertz CT molecular complexity index is 637. The number of aromatic nitrogens is 3. The van der Waals surface area contributed by atoms with Gasteiger partial charge in [0.1, 0.15) is 5.01 Å². The van der Waals surface area contributed by atoms with Crippen LogP contribution in [0.25, 0.3) is 10.2 Å². The van der Waals surface area contributed by atoms with Gasteiger partial charge in [0.2, 0.25) is 0 Å². The van der Waals surface area contributed by atoms with Crippen LogP contribution in [-0.4, -0.2) is 14.8 Å². The molecule has 3 aromatic rings. The molecule has 0 saturated heterocycles. The number of nitrogens with zero attached hydrogens (tertiary/aromatic N) is 3. The van der Waals surface area contributed by atoms with Gasteiger partial charge in [0.25, 0.3) is 0 Å². The lowest BCUT2D eigenvalue weighted by Gasteiger charge is -2.09. The molecule has 0 radical (unpaired) electrons.